The van der Waals surface area contributed by atoms with Gasteiger partial charge < -0.3 is 0 Å². The van der Waals surface area contributed by atoms with Gasteiger partial charge in [-0.15, -0.1) is 0 Å². The number of rotatable bonds is 12. The van der Waals surface area contributed by atoms with Gasteiger partial charge in [-0.05, 0) is 36.8 Å². The molecule has 1 heterocycles. The van der Waals surface area contributed by atoms with E-state index in [0.29, 0.717) is 6.04 Å². The van der Waals surface area contributed by atoms with Crippen LogP contribution in [0, 0.1) is 0 Å². The first-order valence-corrected chi connectivity index (χ1v) is 11.8. The summed E-state index contributed by atoms with van der Waals surface area (Å²) in [7, 11) is 0. The van der Waals surface area contributed by atoms with Crippen LogP contribution in [0.15, 0.2) is 79.4 Å². The van der Waals surface area contributed by atoms with Crippen molar-refractivity contribution < 1.29 is 4.57 Å². The molecule has 2 nitrogen and oxygen atoms in total. The lowest BCUT2D eigenvalue weighted by Crippen LogP contribution is -2.38. The molecular weight excluding hydrogens is 364 g/mol. The number of hydrogen-bond donors (Lipinski definition) is 0. The number of aromatic nitrogens is 2. The molecule has 2 heteroatoms. The Morgan fingerprint density at radius 2 is 1.57 bits per heavy atom. The summed E-state index contributed by atoms with van der Waals surface area (Å²) in [6, 6.07) is 22.6. The minimum atomic E-state index is 0.0257. The summed E-state index contributed by atoms with van der Waals surface area (Å²) in [5.74, 6) is 0. The lowest BCUT2D eigenvalue weighted by atomic mass is 9.70. The van der Waals surface area contributed by atoms with E-state index in [-0.39, 0.29) is 5.41 Å². The van der Waals surface area contributed by atoms with Crippen LogP contribution in [0.25, 0.3) is 0 Å². The van der Waals surface area contributed by atoms with Crippen LogP contribution in [-0.4, -0.2) is 4.57 Å². The van der Waals surface area contributed by atoms with Crippen LogP contribution in [-0.2, 0) is 18.4 Å². The first-order valence-electron chi connectivity index (χ1n) is 11.8. The smallest absolute Gasteiger partial charge is 0.237 e. The normalized spacial score (nSPS) is 14.4. The molecule has 0 spiro atoms. The molecule has 0 aliphatic carbocycles. The molecule has 0 aliphatic heterocycles. The molecule has 3 rings (SSSR count). The van der Waals surface area contributed by atoms with E-state index in [1.807, 2.05) is 0 Å². The zero-order valence-electron chi connectivity index (χ0n) is 19.1. The maximum Gasteiger partial charge on any atom is 0.244 e. The Bertz CT molecular complexity index is 853. The summed E-state index contributed by atoms with van der Waals surface area (Å²) >= 11 is 0. The van der Waals surface area contributed by atoms with E-state index in [0.717, 1.165) is 19.4 Å². The van der Waals surface area contributed by atoms with E-state index in [2.05, 4.69) is 109 Å². The van der Waals surface area contributed by atoms with Gasteiger partial charge in [0.2, 0.25) is 6.33 Å². The number of nitrogens with zero attached hydrogens (tertiary/aromatic N) is 2. The van der Waals surface area contributed by atoms with E-state index in [9.17, 15) is 0 Å². The molecule has 1 aromatic heterocycles. The van der Waals surface area contributed by atoms with E-state index in [1.54, 1.807) is 0 Å². The maximum atomic E-state index is 2.50. The molecule has 0 aliphatic rings. The highest BCUT2D eigenvalue weighted by atomic mass is 15.1. The summed E-state index contributed by atoms with van der Waals surface area (Å²) < 4.78 is 4.84. The van der Waals surface area contributed by atoms with E-state index in [4.69, 9.17) is 0 Å². The molecule has 30 heavy (non-hydrogen) atoms. The van der Waals surface area contributed by atoms with Crippen molar-refractivity contribution in [2.75, 3.05) is 0 Å². The highest BCUT2D eigenvalue weighted by molar-refractivity contribution is 5.30. The lowest BCUT2D eigenvalue weighted by Gasteiger charge is -2.37. The van der Waals surface area contributed by atoms with Crippen molar-refractivity contribution in [3.8, 4) is 0 Å². The highest BCUT2D eigenvalue weighted by Crippen LogP contribution is 2.41. The van der Waals surface area contributed by atoms with Gasteiger partial charge in [-0.3, -0.25) is 0 Å². The molecule has 0 fully saturated rings. The molecule has 0 radical (unpaired) electrons. The third kappa shape index (κ3) is 5.62. The molecule has 0 saturated carbocycles. The van der Waals surface area contributed by atoms with Crippen LogP contribution in [0.1, 0.15) is 76.5 Å². The van der Waals surface area contributed by atoms with Gasteiger partial charge in [0.15, 0.2) is 0 Å². The van der Waals surface area contributed by atoms with E-state index in [1.165, 1.54) is 43.2 Å². The molecule has 2 atom stereocenters. The topological polar surface area (TPSA) is 8.81 Å². The van der Waals surface area contributed by atoms with Crippen LogP contribution in [0.4, 0.5) is 0 Å². The van der Waals surface area contributed by atoms with Crippen molar-refractivity contribution in [3.05, 3.63) is 90.5 Å². The van der Waals surface area contributed by atoms with Crippen molar-refractivity contribution in [2.24, 2.45) is 0 Å². The number of unbranched alkanes of at least 4 members (excludes halogenated alkanes) is 3. The molecule has 0 bridgehead atoms. The summed E-state index contributed by atoms with van der Waals surface area (Å²) in [4.78, 5) is 0. The largest absolute Gasteiger partial charge is 0.244 e. The van der Waals surface area contributed by atoms with Gasteiger partial charge in [-0.25, -0.2) is 9.13 Å². The summed E-state index contributed by atoms with van der Waals surface area (Å²) in [5.41, 5.74) is 2.87. The van der Waals surface area contributed by atoms with Gasteiger partial charge in [-0.2, -0.15) is 0 Å². The monoisotopic (exact) mass is 403 g/mol. The Morgan fingerprint density at radius 3 is 2.23 bits per heavy atom. The summed E-state index contributed by atoms with van der Waals surface area (Å²) in [6.07, 6.45) is 15.5. The quantitative estimate of drug-likeness (QED) is 0.230. The highest BCUT2D eigenvalue weighted by Gasteiger charge is 2.40. The van der Waals surface area contributed by atoms with Gasteiger partial charge in [0, 0.05) is 5.41 Å². The number of imidazole rings is 1. The number of benzene rings is 2. The second-order valence-electron chi connectivity index (χ2n) is 8.91. The standard InChI is InChI=1S/C28H39N2/c1-4-6-7-14-19-27(30-22-21-29(24-30)20-5-2)28(3,26-17-12-9-13-18-26)23-25-15-10-8-11-16-25/h8-13,15-18,21-22,24,27H,4-7,14,19-20,23H2,1-3H3/q+1. The number of hydrogen-bond acceptors (Lipinski definition) is 0. The van der Waals surface area contributed by atoms with E-state index >= 15 is 0 Å². The van der Waals surface area contributed by atoms with Crippen molar-refractivity contribution in [2.45, 2.75) is 83.7 Å². The molecular formula is C28H39N2+. The molecule has 0 saturated heterocycles. The minimum absolute atomic E-state index is 0.0257. The molecule has 3 aromatic rings. The van der Waals surface area contributed by atoms with Crippen molar-refractivity contribution in [1.82, 2.24) is 4.57 Å². The second kappa shape index (κ2) is 11.2. The van der Waals surface area contributed by atoms with Gasteiger partial charge in [0.1, 0.15) is 18.4 Å². The Morgan fingerprint density at radius 1 is 0.867 bits per heavy atom. The summed E-state index contributed by atoms with van der Waals surface area (Å²) in [5, 5.41) is 0. The predicted octanol–water partition coefficient (Wildman–Crippen LogP) is 6.90. The molecule has 0 N–H and O–H groups in total. The average Bonchev–Trinajstić information content (AvgIpc) is 3.23. The molecule has 0 amide bonds. The number of aryl methyl sites for hydroxylation is 1. The fourth-order valence-electron chi connectivity index (χ4n) is 4.80. The van der Waals surface area contributed by atoms with Gasteiger partial charge in [0.25, 0.3) is 0 Å². The van der Waals surface area contributed by atoms with Crippen molar-refractivity contribution in [1.29, 1.82) is 0 Å². The predicted molar refractivity (Wildman–Crippen MR) is 127 cm³/mol. The van der Waals surface area contributed by atoms with Crippen LogP contribution in [0.5, 0.6) is 0 Å². The Kier molecular flexibility index (Phi) is 8.30. The maximum absolute atomic E-state index is 2.50. The fourth-order valence-corrected chi connectivity index (χ4v) is 4.80. The van der Waals surface area contributed by atoms with Gasteiger partial charge >= 0.3 is 0 Å². The van der Waals surface area contributed by atoms with Crippen LogP contribution in [0.2, 0.25) is 0 Å². The molecule has 160 valence electrons. The molecule has 2 unspecified atom stereocenters. The average molecular weight is 404 g/mol. The lowest BCUT2D eigenvalue weighted by molar-refractivity contribution is -0.696. The first kappa shape index (κ1) is 22.3. The zero-order valence-corrected chi connectivity index (χ0v) is 19.1. The van der Waals surface area contributed by atoms with Crippen LogP contribution >= 0.6 is 0 Å². The third-order valence-corrected chi connectivity index (χ3v) is 6.47. The first-order chi connectivity index (χ1) is 14.7. The van der Waals surface area contributed by atoms with Crippen molar-refractivity contribution in [3.63, 3.8) is 0 Å². The Balaban J connectivity index is 2.00. The van der Waals surface area contributed by atoms with Crippen molar-refractivity contribution >= 4 is 0 Å². The third-order valence-electron chi connectivity index (χ3n) is 6.47. The van der Waals surface area contributed by atoms with Gasteiger partial charge in [0.05, 0.1) is 6.54 Å². The SMILES string of the molecule is CCCCCCC(n1cc[n+](CCC)c1)C(C)(Cc1ccccc1)c1ccccc1. The Hall–Kier alpha value is -2.35. The zero-order chi connectivity index (χ0) is 21.2. The molecule has 2 aromatic carbocycles. The second-order valence-corrected chi connectivity index (χ2v) is 8.91. The fraction of sp³-hybridized carbons (Fsp3) is 0.464. The summed E-state index contributed by atoms with van der Waals surface area (Å²) in [6.45, 7) is 8.09. The van der Waals surface area contributed by atoms with Gasteiger partial charge in [-0.1, -0.05) is 101 Å². The minimum Gasteiger partial charge on any atom is -0.237 e. The van der Waals surface area contributed by atoms with E-state index < -0.39 is 0 Å². The Labute approximate surface area is 183 Å². The van der Waals surface area contributed by atoms with Crippen LogP contribution < -0.4 is 4.57 Å². The van der Waals surface area contributed by atoms with Crippen LogP contribution in [0.3, 0.4) is 0 Å².